The minimum Gasteiger partial charge on any atom is -0.345 e. The molecule has 1 atom stereocenters. The van der Waals surface area contributed by atoms with Crippen LogP contribution >= 0.6 is 11.6 Å². The molecule has 0 unspecified atom stereocenters. The van der Waals surface area contributed by atoms with Gasteiger partial charge in [0, 0.05) is 24.0 Å². The average molecular weight is 497 g/mol. The van der Waals surface area contributed by atoms with Crippen LogP contribution in [0.25, 0.3) is 0 Å². The van der Waals surface area contributed by atoms with E-state index in [4.69, 9.17) is 11.6 Å². The van der Waals surface area contributed by atoms with Gasteiger partial charge in [0.25, 0.3) is 0 Å². The van der Waals surface area contributed by atoms with E-state index < -0.39 is 10.0 Å². The van der Waals surface area contributed by atoms with Gasteiger partial charge in [-0.25, -0.2) is 12.7 Å². The fraction of sp³-hybridized carbons (Fsp3) is 0.296. The Morgan fingerprint density at radius 1 is 0.941 bits per heavy atom. The van der Waals surface area contributed by atoms with E-state index in [1.54, 1.807) is 24.3 Å². The lowest BCUT2D eigenvalue weighted by atomic mass is 9.94. The van der Waals surface area contributed by atoms with Gasteiger partial charge in [-0.3, -0.25) is 4.79 Å². The lowest BCUT2D eigenvalue weighted by Crippen LogP contribution is -2.44. The number of hydrogen-bond donors (Lipinski definition) is 1. The van der Waals surface area contributed by atoms with E-state index >= 15 is 0 Å². The molecule has 34 heavy (non-hydrogen) atoms. The first-order chi connectivity index (χ1) is 16.3. The maximum atomic E-state index is 13.2. The highest BCUT2D eigenvalue weighted by molar-refractivity contribution is 7.88. The predicted octanol–water partition coefficient (Wildman–Crippen LogP) is 5.10. The van der Waals surface area contributed by atoms with Crippen LogP contribution in [0, 0.1) is 12.8 Å². The Kier molecular flexibility index (Phi) is 7.71. The minimum absolute atomic E-state index is 0.0378. The maximum absolute atomic E-state index is 13.2. The molecule has 1 fully saturated rings. The molecule has 0 aliphatic carbocycles. The molecule has 0 bridgehead atoms. The zero-order valence-electron chi connectivity index (χ0n) is 19.2. The van der Waals surface area contributed by atoms with Crippen molar-refractivity contribution in [2.75, 3.05) is 13.1 Å². The second-order valence-corrected chi connectivity index (χ2v) is 11.2. The third-order valence-corrected chi connectivity index (χ3v) is 8.41. The van der Waals surface area contributed by atoms with E-state index in [1.165, 1.54) is 4.31 Å². The Balaban J connectivity index is 1.40. The van der Waals surface area contributed by atoms with Gasteiger partial charge in [-0.2, -0.15) is 0 Å². The van der Waals surface area contributed by atoms with Crippen molar-refractivity contribution in [1.82, 2.24) is 9.62 Å². The SMILES string of the molecule is Cc1ccc([C@@H](NC(=O)C2CCN(S(=O)(=O)Cc3ccc(Cl)cc3)CC2)c2ccccc2)cc1. The Bertz CT molecular complexity index is 1200. The molecule has 0 saturated carbocycles. The van der Waals surface area contributed by atoms with Gasteiger partial charge in [0.05, 0.1) is 11.8 Å². The van der Waals surface area contributed by atoms with E-state index in [9.17, 15) is 13.2 Å². The van der Waals surface area contributed by atoms with Crippen LogP contribution in [0.2, 0.25) is 5.02 Å². The molecule has 1 aliphatic rings. The number of halogens is 1. The Morgan fingerprint density at radius 2 is 1.53 bits per heavy atom. The van der Waals surface area contributed by atoms with Crippen molar-refractivity contribution in [2.24, 2.45) is 5.92 Å². The van der Waals surface area contributed by atoms with E-state index in [1.807, 2.05) is 61.5 Å². The number of carbonyl (C=O) groups excluding carboxylic acids is 1. The van der Waals surface area contributed by atoms with Crippen LogP contribution in [0.5, 0.6) is 0 Å². The number of aryl methyl sites for hydroxylation is 1. The molecule has 1 saturated heterocycles. The van der Waals surface area contributed by atoms with Gasteiger partial charge in [0.1, 0.15) is 0 Å². The number of nitrogens with zero attached hydrogens (tertiary/aromatic N) is 1. The smallest absolute Gasteiger partial charge is 0.223 e. The molecular weight excluding hydrogens is 468 g/mol. The summed E-state index contributed by atoms with van der Waals surface area (Å²) in [7, 11) is -3.45. The van der Waals surface area contributed by atoms with Gasteiger partial charge in [-0.1, -0.05) is 83.9 Å². The second kappa shape index (κ2) is 10.7. The summed E-state index contributed by atoms with van der Waals surface area (Å²) in [6.07, 6.45) is 1.00. The van der Waals surface area contributed by atoms with Gasteiger partial charge in [0.2, 0.25) is 15.9 Å². The molecule has 1 amide bonds. The Hall–Kier alpha value is -2.67. The Morgan fingerprint density at radius 3 is 2.15 bits per heavy atom. The van der Waals surface area contributed by atoms with Crippen molar-refractivity contribution in [3.8, 4) is 0 Å². The summed E-state index contributed by atoms with van der Waals surface area (Å²) in [5.74, 6) is -0.326. The van der Waals surface area contributed by atoms with Crippen LogP contribution in [-0.2, 0) is 20.6 Å². The van der Waals surface area contributed by atoms with E-state index in [-0.39, 0.29) is 23.6 Å². The molecule has 7 heteroatoms. The molecule has 0 spiro atoms. The van der Waals surface area contributed by atoms with Crippen molar-refractivity contribution in [1.29, 1.82) is 0 Å². The van der Waals surface area contributed by atoms with Gasteiger partial charge in [-0.05, 0) is 48.6 Å². The van der Waals surface area contributed by atoms with Gasteiger partial charge < -0.3 is 5.32 Å². The third kappa shape index (κ3) is 6.06. The summed E-state index contributed by atoms with van der Waals surface area (Å²) >= 11 is 5.90. The van der Waals surface area contributed by atoms with Crippen molar-refractivity contribution in [3.05, 3.63) is 106 Å². The summed E-state index contributed by atoms with van der Waals surface area (Å²) in [4.78, 5) is 13.2. The number of sulfonamides is 1. The molecule has 3 aromatic rings. The quantitative estimate of drug-likeness (QED) is 0.495. The first-order valence-corrected chi connectivity index (χ1v) is 13.4. The minimum atomic E-state index is -3.45. The number of carbonyl (C=O) groups is 1. The van der Waals surface area contributed by atoms with Crippen molar-refractivity contribution >= 4 is 27.5 Å². The standard InChI is InChI=1S/C27H29ClN2O3S/c1-20-7-11-23(12-8-20)26(22-5-3-2-4-6-22)29-27(31)24-15-17-30(18-16-24)34(32,33)19-21-9-13-25(28)14-10-21/h2-14,24,26H,15-19H2,1H3,(H,29,31)/t26-/m0/s1. The van der Waals surface area contributed by atoms with Crippen LogP contribution in [-0.4, -0.2) is 31.7 Å². The molecule has 5 nitrogen and oxygen atoms in total. The zero-order valence-corrected chi connectivity index (χ0v) is 20.7. The monoisotopic (exact) mass is 496 g/mol. The van der Waals surface area contributed by atoms with Crippen LogP contribution in [0.1, 0.15) is 41.1 Å². The summed E-state index contributed by atoms with van der Waals surface area (Å²) in [5, 5.41) is 3.79. The highest BCUT2D eigenvalue weighted by atomic mass is 35.5. The molecule has 3 aromatic carbocycles. The second-order valence-electron chi connectivity index (χ2n) is 8.82. The molecular formula is C27H29ClN2O3S. The molecule has 0 aromatic heterocycles. The van der Waals surface area contributed by atoms with Gasteiger partial charge >= 0.3 is 0 Å². The fourth-order valence-electron chi connectivity index (χ4n) is 4.30. The highest BCUT2D eigenvalue weighted by Crippen LogP contribution is 2.26. The molecule has 1 aliphatic heterocycles. The number of nitrogens with one attached hydrogen (secondary N) is 1. The highest BCUT2D eigenvalue weighted by Gasteiger charge is 2.32. The number of hydrogen-bond acceptors (Lipinski definition) is 3. The molecule has 0 radical (unpaired) electrons. The number of benzene rings is 3. The number of rotatable bonds is 7. The molecule has 1 heterocycles. The van der Waals surface area contributed by atoms with Crippen LogP contribution in [0.15, 0.2) is 78.9 Å². The van der Waals surface area contributed by atoms with Crippen LogP contribution in [0.3, 0.4) is 0 Å². The first kappa shape index (κ1) is 24.5. The largest absolute Gasteiger partial charge is 0.345 e. The van der Waals surface area contributed by atoms with Gasteiger partial charge in [0.15, 0.2) is 0 Å². The zero-order chi connectivity index (χ0) is 24.1. The average Bonchev–Trinajstić information content (AvgIpc) is 2.85. The van der Waals surface area contributed by atoms with Crippen molar-refractivity contribution < 1.29 is 13.2 Å². The predicted molar refractivity (Wildman–Crippen MR) is 136 cm³/mol. The lowest BCUT2D eigenvalue weighted by Gasteiger charge is -2.31. The van der Waals surface area contributed by atoms with Crippen molar-refractivity contribution in [3.63, 3.8) is 0 Å². The molecule has 4 rings (SSSR count). The van der Waals surface area contributed by atoms with E-state index in [0.717, 1.165) is 16.7 Å². The van der Waals surface area contributed by atoms with E-state index in [2.05, 4.69) is 5.32 Å². The summed E-state index contributed by atoms with van der Waals surface area (Å²) in [6.45, 7) is 2.72. The molecule has 1 N–H and O–H groups in total. The molecule has 178 valence electrons. The first-order valence-electron chi connectivity index (χ1n) is 11.5. The fourth-order valence-corrected chi connectivity index (χ4v) is 5.99. The number of piperidine rings is 1. The lowest BCUT2D eigenvalue weighted by molar-refractivity contribution is -0.126. The maximum Gasteiger partial charge on any atom is 0.223 e. The normalized spacial score (nSPS) is 16.2. The van der Waals surface area contributed by atoms with E-state index in [0.29, 0.717) is 36.5 Å². The third-order valence-electron chi connectivity index (χ3n) is 6.31. The topological polar surface area (TPSA) is 66.5 Å². The summed E-state index contributed by atoms with van der Waals surface area (Å²) in [5.41, 5.74) is 3.90. The summed E-state index contributed by atoms with van der Waals surface area (Å²) in [6, 6.07) is 24.7. The summed E-state index contributed by atoms with van der Waals surface area (Å²) < 4.78 is 27.3. The van der Waals surface area contributed by atoms with Gasteiger partial charge in [-0.15, -0.1) is 0 Å². The van der Waals surface area contributed by atoms with Crippen LogP contribution in [0.4, 0.5) is 0 Å². The number of amides is 1. The Labute approximate surface area is 206 Å². The van der Waals surface area contributed by atoms with Crippen LogP contribution < -0.4 is 5.32 Å². The van der Waals surface area contributed by atoms with Crippen molar-refractivity contribution in [2.45, 2.75) is 31.6 Å².